The molecule has 3 atom stereocenters. The van der Waals surface area contributed by atoms with Gasteiger partial charge in [-0.05, 0) is 67.0 Å². The summed E-state index contributed by atoms with van der Waals surface area (Å²) in [7, 11) is 0. The van der Waals surface area contributed by atoms with Crippen LogP contribution in [0.4, 0.5) is 0 Å². The molecule has 6 nitrogen and oxygen atoms in total. The van der Waals surface area contributed by atoms with Gasteiger partial charge in [0.05, 0.1) is 23.9 Å². The molecule has 2 saturated heterocycles. The van der Waals surface area contributed by atoms with Crippen LogP contribution in [0.3, 0.4) is 0 Å². The SMILES string of the molecule is S=C1N[C@@H](c2ccccn2)[C@@H](c2cccn2C[C@@H]2CCCO2)N1Cc1ccncc1. The Hall–Kier alpha value is -2.77. The summed E-state index contributed by atoms with van der Waals surface area (Å²) in [5.74, 6) is 0. The first-order chi connectivity index (χ1) is 14.8. The first kappa shape index (κ1) is 19.2. The summed E-state index contributed by atoms with van der Waals surface area (Å²) in [5, 5.41) is 4.28. The molecule has 3 aromatic heterocycles. The predicted octanol–water partition coefficient (Wildman–Crippen LogP) is 3.63. The Bertz CT molecular complexity index is 987. The van der Waals surface area contributed by atoms with Crippen LogP contribution in [-0.4, -0.2) is 37.3 Å². The van der Waals surface area contributed by atoms with Gasteiger partial charge < -0.3 is 19.5 Å². The zero-order valence-electron chi connectivity index (χ0n) is 16.7. The Kier molecular flexibility index (Phi) is 5.46. The summed E-state index contributed by atoms with van der Waals surface area (Å²) in [6.45, 7) is 2.44. The van der Waals surface area contributed by atoms with Gasteiger partial charge >= 0.3 is 0 Å². The molecule has 0 saturated carbocycles. The van der Waals surface area contributed by atoms with Crippen molar-refractivity contribution in [3.63, 3.8) is 0 Å². The van der Waals surface area contributed by atoms with Crippen LogP contribution in [0.15, 0.2) is 67.3 Å². The second-order valence-electron chi connectivity index (χ2n) is 7.83. The van der Waals surface area contributed by atoms with Crippen molar-refractivity contribution in [2.45, 2.75) is 44.1 Å². The summed E-state index contributed by atoms with van der Waals surface area (Å²) >= 11 is 5.79. The Morgan fingerprint density at radius 2 is 2.00 bits per heavy atom. The first-order valence-corrected chi connectivity index (χ1v) is 10.8. The average molecular weight is 420 g/mol. The van der Waals surface area contributed by atoms with Gasteiger partial charge in [0.2, 0.25) is 0 Å². The number of aromatic nitrogens is 3. The lowest BCUT2D eigenvalue weighted by atomic mass is 10.0. The van der Waals surface area contributed by atoms with Crippen molar-refractivity contribution in [1.82, 2.24) is 24.8 Å². The van der Waals surface area contributed by atoms with Crippen LogP contribution < -0.4 is 5.32 Å². The van der Waals surface area contributed by atoms with E-state index in [0.717, 1.165) is 36.8 Å². The fraction of sp³-hybridized carbons (Fsp3) is 0.348. The normalized spacial score (nSPS) is 23.7. The van der Waals surface area contributed by atoms with E-state index in [1.54, 1.807) is 0 Å². The van der Waals surface area contributed by atoms with Gasteiger partial charge in [-0.3, -0.25) is 9.97 Å². The van der Waals surface area contributed by atoms with Crippen LogP contribution in [0.2, 0.25) is 0 Å². The molecule has 7 heteroatoms. The minimum absolute atomic E-state index is 0.0151. The third-order valence-electron chi connectivity index (χ3n) is 5.89. The lowest BCUT2D eigenvalue weighted by molar-refractivity contribution is 0.0953. The van der Waals surface area contributed by atoms with Crippen molar-refractivity contribution >= 4 is 17.3 Å². The predicted molar refractivity (Wildman–Crippen MR) is 119 cm³/mol. The van der Waals surface area contributed by atoms with Crippen LogP contribution in [0.5, 0.6) is 0 Å². The summed E-state index contributed by atoms with van der Waals surface area (Å²) < 4.78 is 8.23. The molecule has 0 spiro atoms. The molecular formula is C23H25N5OS. The lowest BCUT2D eigenvalue weighted by Crippen LogP contribution is -2.30. The maximum atomic E-state index is 5.90. The van der Waals surface area contributed by atoms with Crippen LogP contribution in [0.1, 0.15) is 41.9 Å². The van der Waals surface area contributed by atoms with E-state index in [4.69, 9.17) is 17.0 Å². The molecular weight excluding hydrogens is 394 g/mol. The summed E-state index contributed by atoms with van der Waals surface area (Å²) in [5.41, 5.74) is 3.40. The molecule has 2 fully saturated rings. The number of pyridine rings is 2. The Labute approximate surface area is 181 Å². The molecule has 5 rings (SSSR count). The molecule has 5 heterocycles. The van der Waals surface area contributed by atoms with Crippen molar-refractivity contribution < 1.29 is 4.74 Å². The molecule has 1 N–H and O–H groups in total. The van der Waals surface area contributed by atoms with Crippen LogP contribution in [0, 0.1) is 0 Å². The second kappa shape index (κ2) is 8.53. The molecule has 0 unspecified atom stereocenters. The number of hydrogen-bond donors (Lipinski definition) is 1. The number of ether oxygens (including phenoxy) is 1. The Morgan fingerprint density at radius 1 is 1.10 bits per heavy atom. The first-order valence-electron chi connectivity index (χ1n) is 10.4. The maximum absolute atomic E-state index is 5.90. The zero-order chi connectivity index (χ0) is 20.3. The van der Waals surface area contributed by atoms with E-state index < -0.39 is 0 Å². The van der Waals surface area contributed by atoms with E-state index in [2.05, 4.69) is 49.1 Å². The molecule has 154 valence electrons. The number of thiocarbonyl (C=S) groups is 1. The van der Waals surface area contributed by atoms with E-state index in [1.807, 2.05) is 42.9 Å². The van der Waals surface area contributed by atoms with E-state index in [1.165, 1.54) is 11.3 Å². The fourth-order valence-electron chi connectivity index (χ4n) is 4.45. The molecule has 3 aromatic rings. The average Bonchev–Trinajstić information content (AvgIpc) is 3.52. The van der Waals surface area contributed by atoms with Crippen LogP contribution in [0.25, 0.3) is 0 Å². The highest BCUT2D eigenvalue weighted by Crippen LogP contribution is 2.39. The highest BCUT2D eigenvalue weighted by atomic mass is 32.1. The standard InChI is InChI=1S/C23H25N5OS/c30-23-26-21(19-6-1-2-10-25-19)22(28(23)15-17-8-11-24-12-9-17)20-7-3-13-27(20)16-18-5-4-14-29-18/h1-3,6-13,18,21-22H,4-5,14-16H2,(H,26,30)/t18-,21-,22+/m0/s1. The highest BCUT2D eigenvalue weighted by Gasteiger charge is 2.41. The molecule has 2 aliphatic heterocycles. The van der Waals surface area contributed by atoms with E-state index in [-0.39, 0.29) is 18.2 Å². The van der Waals surface area contributed by atoms with Crippen molar-refractivity contribution in [1.29, 1.82) is 0 Å². The Morgan fingerprint density at radius 3 is 2.77 bits per heavy atom. The number of rotatable bonds is 6. The van der Waals surface area contributed by atoms with Crippen molar-refractivity contribution in [2.75, 3.05) is 6.61 Å². The highest BCUT2D eigenvalue weighted by molar-refractivity contribution is 7.80. The minimum Gasteiger partial charge on any atom is -0.376 e. The molecule has 0 bridgehead atoms. The smallest absolute Gasteiger partial charge is 0.170 e. The molecule has 2 aliphatic rings. The molecule has 0 aliphatic carbocycles. The van der Waals surface area contributed by atoms with Crippen molar-refractivity contribution in [2.24, 2.45) is 0 Å². The van der Waals surface area contributed by atoms with Crippen LogP contribution in [-0.2, 0) is 17.8 Å². The third kappa shape index (κ3) is 3.82. The van der Waals surface area contributed by atoms with Gasteiger partial charge in [-0.15, -0.1) is 0 Å². The topological polar surface area (TPSA) is 55.2 Å². The second-order valence-corrected chi connectivity index (χ2v) is 8.22. The van der Waals surface area contributed by atoms with Gasteiger partial charge in [0, 0.05) is 50.2 Å². The molecule has 0 radical (unpaired) electrons. The molecule has 0 aromatic carbocycles. The third-order valence-corrected chi connectivity index (χ3v) is 6.24. The fourth-order valence-corrected chi connectivity index (χ4v) is 4.76. The number of nitrogens with one attached hydrogen (secondary N) is 1. The number of hydrogen-bond acceptors (Lipinski definition) is 4. The largest absolute Gasteiger partial charge is 0.376 e. The summed E-state index contributed by atoms with van der Waals surface area (Å²) in [6, 6.07) is 14.5. The van der Waals surface area contributed by atoms with Crippen LogP contribution >= 0.6 is 12.2 Å². The molecule has 30 heavy (non-hydrogen) atoms. The maximum Gasteiger partial charge on any atom is 0.170 e. The van der Waals surface area contributed by atoms with Gasteiger partial charge in [-0.2, -0.15) is 0 Å². The lowest BCUT2D eigenvalue weighted by Gasteiger charge is -2.29. The van der Waals surface area contributed by atoms with E-state index in [9.17, 15) is 0 Å². The zero-order valence-corrected chi connectivity index (χ0v) is 17.5. The van der Waals surface area contributed by atoms with Gasteiger partial charge in [0.25, 0.3) is 0 Å². The summed E-state index contributed by atoms with van der Waals surface area (Å²) in [4.78, 5) is 11.1. The van der Waals surface area contributed by atoms with Gasteiger partial charge in [-0.25, -0.2) is 0 Å². The van der Waals surface area contributed by atoms with Crippen molar-refractivity contribution in [3.05, 3.63) is 84.2 Å². The Balaban J connectivity index is 1.51. The van der Waals surface area contributed by atoms with Gasteiger partial charge in [0.1, 0.15) is 0 Å². The number of nitrogens with zero attached hydrogens (tertiary/aromatic N) is 4. The van der Waals surface area contributed by atoms with Gasteiger partial charge in [-0.1, -0.05) is 6.07 Å². The van der Waals surface area contributed by atoms with E-state index >= 15 is 0 Å². The quantitative estimate of drug-likeness (QED) is 0.616. The van der Waals surface area contributed by atoms with Crippen molar-refractivity contribution in [3.8, 4) is 0 Å². The monoisotopic (exact) mass is 419 g/mol. The summed E-state index contributed by atoms with van der Waals surface area (Å²) in [6.07, 6.45) is 10.2. The molecule has 0 amide bonds. The van der Waals surface area contributed by atoms with Gasteiger partial charge in [0.15, 0.2) is 5.11 Å². The minimum atomic E-state index is -0.0151. The van der Waals surface area contributed by atoms with E-state index in [0.29, 0.717) is 6.54 Å².